The molecule has 1 aliphatic rings. The van der Waals surface area contributed by atoms with Crippen LogP contribution in [0.15, 0.2) is 36.4 Å². The van der Waals surface area contributed by atoms with E-state index in [2.05, 4.69) is 10.2 Å². The molecule has 1 fully saturated rings. The lowest BCUT2D eigenvalue weighted by Gasteiger charge is -2.34. The first kappa shape index (κ1) is 17.9. The van der Waals surface area contributed by atoms with Crippen LogP contribution in [0.5, 0.6) is 0 Å². The summed E-state index contributed by atoms with van der Waals surface area (Å²) in [5.74, 6) is -0.0154. The van der Waals surface area contributed by atoms with Crippen LogP contribution < -0.4 is 5.32 Å². The summed E-state index contributed by atoms with van der Waals surface area (Å²) in [6, 6.07) is 10.9. The number of rotatable bonds is 4. The molecule has 0 spiro atoms. The molecule has 0 radical (unpaired) electrons. The number of carbonyl (C=O) groups is 2. The van der Waals surface area contributed by atoms with Crippen molar-refractivity contribution in [3.8, 4) is 0 Å². The number of piperazine rings is 1. The summed E-state index contributed by atoms with van der Waals surface area (Å²) >= 11 is 7.57. The zero-order valence-electron chi connectivity index (χ0n) is 14.0. The first-order valence-corrected chi connectivity index (χ1v) is 9.34. The van der Waals surface area contributed by atoms with Crippen LogP contribution in [0, 0.1) is 0 Å². The molecular formula is C18H20ClN3O2S. The van der Waals surface area contributed by atoms with Gasteiger partial charge in [0, 0.05) is 48.9 Å². The summed E-state index contributed by atoms with van der Waals surface area (Å²) in [6.07, 6.45) is 0. The van der Waals surface area contributed by atoms with E-state index in [1.165, 1.54) is 11.8 Å². The Hall–Kier alpha value is -1.89. The maximum absolute atomic E-state index is 12.4. The number of thiophene rings is 1. The Morgan fingerprint density at radius 3 is 2.56 bits per heavy atom. The number of halogens is 1. The standard InChI is InChI=1S/C18H20ClN3O2S/c1-13(23)14-3-2-4-15(11-14)20-18(24)22-9-7-21(8-10-22)12-16-5-6-17(19)25-16/h2-6,11H,7-10,12H2,1H3,(H,20,24). The van der Waals surface area contributed by atoms with E-state index < -0.39 is 0 Å². The highest BCUT2D eigenvalue weighted by Gasteiger charge is 2.21. The van der Waals surface area contributed by atoms with E-state index in [-0.39, 0.29) is 11.8 Å². The van der Waals surface area contributed by atoms with Gasteiger partial charge in [0.25, 0.3) is 0 Å². The highest BCUT2D eigenvalue weighted by atomic mass is 35.5. The van der Waals surface area contributed by atoms with Gasteiger partial charge in [-0.25, -0.2) is 4.79 Å². The number of hydrogen-bond donors (Lipinski definition) is 1. The van der Waals surface area contributed by atoms with Gasteiger partial charge in [-0.1, -0.05) is 23.7 Å². The Kier molecular flexibility index (Phi) is 5.73. The van der Waals surface area contributed by atoms with Crippen molar-refractivity contribution < 1.29 is 9.59 Å². The Balaban J connectivity index is 1.51. The van der Waals surface area contributed by atoms with Crippen LogP contribution >= 0.6 is 22.9 Å². The lowest BCUT2D eigenvalue weighted by Crippen LogP contribution is -2.49. The zero-order chi connectivity index (χ0) is 17.8. The molecule has 1 aromatic heterocycles. The molecule has 0 saturated carbocycles. The normalized spacial score (nSPS) is 15.2. The molecule has 7 heteroatoms. The minimum atomic E-state index is -0.125. The van der Waals surface area contributed by atoms with Gasteiger partial charge in [-0.3, -0.25) is 9.69 Å². The monoisotopic (exact) mass is 377 g/mol. The minimum absolute atomic E-state index is 0.0154. The lowest BCUT2D eigenvalue weighted by atomic mass is 10.1. The van der Waals surface area contributed by atoms with Crippen LogP contribution in [0.2, 0.25) is 4.34 Å². The summed E-state index contributed by atoms with van der Waals surface area (Å²) in [6.45, 7) is 5.40. The average molecular weight is 378 g/mol. The van der Waals surface area contributed by atoms with Gasteiger partial charge in [-0.05, 0) is 31.2 Å². The first-order chi connectivity index (χ1) is 12.0. The van der Waals surface area contributed by atoms with E-state index in [0.29, 0.717) is 24.3 Å². The lowest BCUT2D eigenvalue weighted by molar-refractivity contribution is 0.101. The first-order valence-electron chi connectivity index (χ1n) is 8.15. The van der Waals surface area contributed by atoms with Crippen molar-refractivity contribution in [3.63, 3.8) is 0 Å². The Morgan fingerprint density at radius 2 is 1.92 bits per heavy atom. The molecule has 1 aliphatic heterocycles. The van der Waals surface area contributed by atoms with Crippen LogP contribution in [0.25, 0.3) is 0 Å². The topological polar surface area (TPSA) is 52.7 Å². The van der Waals surface area contributed by atoms with Crippen LogP contribution in [-0.4, -0.2) is 47.8 Å². The number of amides is 2. The number of anilines is 1. The maximum Gasteiger partial charge on any atom is 0.321 e. The molecule has 132 valence electrons. The second kappa shape index (κ2) is 7.99. The highest BCUT2D eigenvalue weighted by Crippen LogP contribution is 2.23. The maximum atomic E-state index is 12.4. The Bertz CT molecular complexity index is 769. The third-order valence-corrected chi connectivity index (χ3v) is 5.40. The number of carbonyl (C=O) groups excluding carboxylic acids is 2. The fourth-order valence-electron chi connectivity index (χ4n) is 2.78. The molecule has 0 unspecified atom stereocenters. The van der Waals surface area contributed by atoms with Crippen LogP contribution in [0.3, 0.4) is 0 Å². The van der Waals surface area contributed by atoms with Gasteiger partial charge < -0.3 is 10.2 Å². The Morgan fingerprint density at radius 1 is 1.16 bits per heavy atom. The molecule has 1 saturated heterocycles. The second-order valence-electron chi connectivity index (χ2n) is 6.04. The number of nitrogens with zero attached hydrogens (tertiary/aromatic N) is 2. The van der Waals surface area contributed by atoms with Crippen LogP contribution in [0.4, 0.5) is 10.5 Å². The van der Waals surface area contributed by atoms with Gasteiger partial charge >= 0.3 is 6.03 Å². The third kappa shape index (κ3) is 4.81. The summed E-state index contributed by atoms with van der Waals surface area (Å²) in [7, 11) is 0. The SMILES string of the molecule is CC(=O)c1cccc(NC(=O)N2CCN(Cc3ccc(Cl)s3)CC2)c1. The summed E-state index contributed by atoms with van der Waals surface area (Å²) in [5.41, 5.74) is 1.24. The number of benzene rings is 1. The quantitative estimate of drug-likeness (QED) is 0.820. The van der Waals surface area contributed by atoms with E-state index in [1.54, 1.807) is 40.5 Å². The highest BCUT2D eigenvalue weighted by molar-refractivity contribution is 7.16. The van der Waals surface area contributed by atoms with Crippen molar-refractivity contribution in [3.05, 3.63) is 51.2 Å². The van der Waals surface area contributed by atoms with Crippen molar-refractivity contribution in [2.24, 2.45) is 0 Å². The molecule has 25 heavy (non-hydrogen) atoms. The molecule has 0 bridgehead atoms. The van der Waals surface area contributed by atoms with Crippen molar-refractivity contribution in [1.82, 2.24) is 9.80 Å². The van der Waals surface area contributed by atoms with Crippen molar-refractivity contribution in [2.45, 2.75) is 13.5 Å². The zero-order valence-corrected chi connectivity index (χ0v) is 15.6. The smallest absolute Gasteiger partial charge is 0.321 e. The van der Waals surface area contributed by atoms with Gasteiger partial charge in [0.1, 0.15) is 0 Å². The van der Waals surface area contributed by atoms with Gasteiger partial charge in [-0.15, -0.1) is 11.3 Å². The molecule has 2 heterocycles. The number of nitrogens with one attached hydrogen (secondary N) is 1. The Labute approximate surface area is 156 Å². The predicted octanol–water partition coefficient (Wildman–Crippen LogP) is 3.95. The van der Waals surface area contributed by atoms with Gasteiger partial charge in [0.2, 0.25) is 0 Å². The minimum Gasteiger partial charge on any atom is -0.322 e. The molecule has 0 aliphatic carbocycles. The molecule has 5 nitrogen and oxygen atoms in total. The molecule has 3 rings (SSSR count). The number of hydrogen-bond acceptors (Lipinski definition) is 4. The van der Waals surface area contributed by atoms with Crippen molar-refractivity contribution >= 4 is 40.4 Å². The molecule has 0 atom stereocenters. The van der Waals surface area contributed by atoms with E-state index in [4.69, 9.17) is 11.6 Å². The second-order valence-corrected chi connectivity index (χ2v) is 7.84. The number of Topliss-reactive ketones (excluding diaryl/α,β-unsaturated/α-hetero) is 1. The predicted molar refractivity (Wildman–Crippen MR) is 102 cm³/mol. The molecule has 1 N–H and O–H groups in total. The fourth-order valence-corrected chi connectivity index (χ4v) is 3.91. The number of ketones is 1. The average Bonchev–Trinajstić information content (AvgIpc) is 3.00. The molecule has 2 aromatic rings. The molecular weight excluding hydrogens is 358 g/mol. The fraction of sp³-hybridized carbons (Fsp3) is 0.333. The van der Waals surface area contributed by atoms with E-state index in [1.807, 2.05) is 12.1 Å². The molecule has 2 amide bonds. The van der Waals surface area contributed by atoms with Gasteiger partial charge in [0.05, 0.1) is 4.34 Å². The van der Waals surface area contributed by atoms with E-state index in [0.717, 1.165) is 24.0 Å². The summed E-state index contributed by atoms with van der Waals surface area (Å²) in [5, 5.41) is 2.88. The third-order valence-electron chi connectivity index (χ3n) is 4.19. The van der Waals surface area contributed by atoms with Crippen LogP contribution in [0.1, 0.15) is 22.2 Å². The molecule has 1 aromatic carbocycles. The van der Waals surface area contributed by atoms with Gasteiger partial charge in [-0.2, -0.15) is 0 Å². The van der Waals surface area contributed by atoms with Gasteiger partial charge in [0.15, 0.2) is 5.78 Å². The van der Waals surface area contributed by atoms with E-state index >= 15 is 0 Å². The van der Waals surface area contributed by atoms with Crippen molar-refractivity contribution in [1.29, 1.82) is 0 Å². The largest absolute Gasteiger partial charge is 0.322 e. The summed E-state index contributed by atoms with van der Waals surface area (Å²) < 4.78 is 0.806. The summed E-state index contributed by atoms with van der Waals surface area (Å²) in [4.78, 5) is 29.2. The van der Waals surface area contributed by atoms with Crippen molar-refractivity contribution in [2.75, 3.05) is 31.5 Å². The van der Waals surface area contributed by atoms with Crippen LogP contribution in [-0.2, 0) is 6.54 Å². The van der Waals surface area contributed by atoms with E-state index in [9.17, 15) is 9.59 Å². The number of urea groups is 1.